The van der Waals surface area contributed by atoms with E-state index in [1.165, 1.54) is 13.2 Å². The number of hydrogen-bond donors (Lipinski definition) is 2. The van der Waals surface area contributed by atoms with E-state index in [0.29, 0.717) is 22.8 Å². The first-order chi connectivity index (χ1) is 14.4. The summed E-state index contributed by atoms with van der Waals surface area (Å²) in [5, 5.41) is 5.98. The minimum Gasteiger partial charge on any atom is -0.495 e. The Morgan fingerprint density at radius 1 is 1.03 bits per heavy atom. The van der Waals surface area contributed by atoms with Crippen molar-refractivity contribution in [2.75, 3.05) is 25.6 Å². The van der Waals surface area contributed by atoms with Crippen LogP contribution in [-0.2, 0) is 9.59 Å². The van der Waals surface area contributed by atoms with Crippen molar-refractivity contribution in [2.45, 2.75) is 13.8 Å². The summed E-state index contributed by atoms with van der Waals surface area (Å²) in [5.74, 6) is 0.0458. The fourth-order valence-electron chi connectivity index (χ4n) is 2.89. The summed E-state index contributed by atoms with van der Waals surface area (Å²) in [6.45, 7) is 3.20. The van der Waals surface area contributed by atoms with E-state index in [1.54, 1.807) is 30.3 Å². The third kappa shape index (κ3) is 5.16. The Hall–Kier alpha value is -3.81. The van der Waals surface area contributed by atoms with Crippen LogP contribution >= 0.6 is 0 Å². The van der Waals surface area contributed by atoms with Crippen LogP contribution in [0, 0.1) is 13.8 Å². The molecule has 3 aromatic rings. The maximum absolute atomic E-state index is 12.1. The highest BCUT2D eigenvalue weighted by Crippen LogP contribution is 2.25. The molecule has 2 aromatic carbocycles. The number of hydrogen-bond acceptors (Lipinski definition) is 6. The molecule has 156 valence electrons. The van der Waals surface area contributed by atoms with Crippen molar-refractivity contribution in [3.8, 4) is 11.5 Å². The highest BCUT2D eigenvalue weighted by molar-refractivity contribution is 5.96. The summed E-state index contributed by atoms with van der Waals surface area (Å²) in [6.07, 6.45) is 0. The average Bonchev–Trinajstić information content (AvgIpc) is 2.70. The second-order valence-corrected chi connectivity index (χ2v) is 6.72. The number of aryl methyl sites for hydroxylation is 2. The number of amides is 2. The minimum atomic E-state index is -0.466. The Bertz CT molecular complexity index is 1150. The molecule has 8 nitrogen and oxygen atoms in total. The molecule has 2 N–H and O–H groups in total. The fourth-order valence-corrected chi connectivity index (χ4v) is 2.89. The first kappa shape index (κ1) is 20.9. The highest BCUT2D eigenvalue weighted by Gasteiger charge is 2.11. The largest absolute Gasteiger partial charge is 0.495 e. The van der Waals surface area contributed by atoms with Gasteiger partial charge >= 0.3 is 5.63 Å². The lowest BCUT2D eigenvalue weighted by Gasteiger charge is -2.12. The number of rotatable bonds is 7. The number of methoxy groups -OCH3 is 1. The van der Waals surface area contributed by atoms with Gasteiger partial charge in [-0.3, -0.25) is 9.59 Å². The number of benzene rings is 2. The predicted molar refractivity (Wildman–Crippen MR) is 112 cm³/mol. The summed E-state index contributed by atoms with van der Waals surface area (Å²) in [6, 6.07) is 11.8. The summed E-state index contributed by atoms with van der Waals surface area (Å²) in [7, 11) is 1.51. The van der Waals surface area contributed by atoms with Gasteiger partial charge in [-0.15, -0.1) is 0 Å². The lowest BCUT2D eigenvalue weighted by atomic mass is 10.1. The fraction of sp³-hybridized carbons (Fsp3) is 0.227. The Kier molecular flexibility index (Phi) is 6.36. The lowest BCUT2D eigenvalue weighted by molar-refractivity contribution is -0.125. The molecule has 0 aliphatic carbocycles. The molecule has 0 bridgehead atoms. The van der Waals surface area contributed by atoms with Crippen LogP contribution in [-0.4, -0.2) is 32.1 Å². The molecule has 0 fully saturated rings. The zero-order chi connectivity index (χ0) is 21.7. The number of fused-ring (bicyclic) bond motifs is 1. The van der Waals surface area contributed by atoms with Crippen LogP contribution in [0.2, 0.25) is 0 Å². The van der Waals surface area contributed by atoms with Crippen molar-refractivity contribution in [3.05, 3.63) is 64.0 Å². The zero-order valence-electron chi connectivity index (χ0n) is 16.9. The Morgan fingerprint density at radius 3 is 2.60 bits per heavy atom. The molecule has 0 aliphatic rings. The van der Waals surface area contributed by atoms with Crippen molar-refractivity contribution in [2.24, 2.45) is 0 Å². The van der Waals surface area contributed by atoms with E-state index in [4.69, 9.17) is 13.9 Å². The van der Waals surface area contributed by atoms with Crippen molar-refractivity contribution >= 4 is 28.5 Å². The van der Waals surface area contributed by atoms with Gasteiger partial charge < -0.3 is 24.5 Å². The van der Waals surface area contributed by atoms with Gasteiger partial charge in [-0.2, -0.15) is 0 Å². The van der Waals surface area contributed by atoms with Crippen LogP contribution < -0.4 is 25.7 Å². The molecule has 30 heavy (non-hydrogen) atoms. The van der Waals surface area contributed by atoms with Crippen molar-refractivity contribution in [1.82, 2.24) is 5.32 Å². The summed E-state index contributed by atoms with van der Waals surface area (Å²) < 4.78 is 15.8. The third-order valence-corrected chi connectivity index (χ3v) is 4.37. The molecule has 0 saturated heterocycles. The Balaban J connectivity index is 1.52. The van der Waals surface area contributed by atoms with Gasteiger partial charge in [0.2, 0.25) is 5.91 Å². The molecule has 0 saturated carbocycles. The molecule has 8 heteroatoms. The average molecular weight is 410 g/mol. The molecule has 1 heterocycles. The molecule has 0 radical (unpaired) electrons. The molecule has 2 amide bonds. The van der Waals surface area contributed by atoms with E-state index in [-0.39, 0.29) is 13.2 Å². The number of carbonyl (C=O) groups excluding carboxylic acids is 2. The Morgan fingerprint density at radius 2 is 1.83 bits per heavy atom. The van der Waals surface area contributed by atoms with Gasteiger partial charge in [0, 0.05) is 17.5 Å². The van der Waals surface area contributed by atoms with E-state index in [2.05, 4.69) is 10.6 Å². The topological polar surface area (TPSA) is 107 Å². The monoisotopic (exact) mass is 410 g/mol. The maximum Gasteiger partial charge on any atom is 0.336 e. The normalized spacial score (nSPS) is 10.5. The molecule has 1 aromatic heterocycles. The van der Waals surface area contributed by atoms with Gasteiger partial charge in [0.15, 0.2) is 6.61 Å². The van der Waals surface area contributed by atoms with E-state index < -0.39 is 17.4 Å². The van der Waals surface area contributed by atoms with Gasteiger partial charge in [-0.25, -0.2) is 4.79 Å². The van der Waals surface area contributed by atoms with Gasteiger partial charge in [0.05, 0.1) is 19.3 Å². The van der Waals surface area contributed by atoms with Crippen LogP contribution in [0.5, 0.6) is 11.5 Å². The minimum absolute atomic E-state index is 0.217. The van der Waals surface area contributed by atoms with Crippen molar-refractivity contribution in [3.63, 3.8) is 0 Å². The van der Waals surface area contributed by atoms with Crippen LogP contribution in [0.15, 0.2) is 51.7 Å². The summed E-state index contributed by atoms with van der Waals surface area (Å²) in [4.78, 5) is 35.6. The molecule has 3 rings (SSSR count). The number of carbonyl (C=O) groups is 2. The summed E-state index contributed by atoms with van der Waals surface area (Å²) >= 11 is 0. The number of anilines is 1. The number of ether oxygens (including phenoxy) is 2. The van der Waals surface area contributed by atoms with Gasteiger partial charge in [-0.1, -0.05) is 6.07 Å². The van der Waals surface area contributed by atoms with E-state index in [0.717, 1.165) is 16.5 Å². The van der Waals surface area contributed by atoms with Gasteiger partial charge in [0.1, 0.15) is 17.1 Å². The van der Waals surface area contributed by atoms with E-state index in [1.807, 2.05) is 19.9 Å². The third-order valence-electron chi connectivity index (χ3n) is 4.37. The van der Waals surface area contributed by atoms with Crippen LogP contribution in [0.4, 0.5) is 5.69 Å². The first-order valence-electron chi connectivity index (χ1n) is 9.24. The standard InChI is InChI=1S/C22H22N2O6/c1-13-4-7-18(28-3)17(8-13)24-20(25)11-23-21(26)12-29-15-5-6-16-14(2)9-22(27)30-19(16)10-15/h4-10H,11-12H2,1-3H3,(H,23,26)(H,24,25). The van der Waals surface area contributed by atoms with E-state index in [9.17, 15) is 14.4 Å². The second kappa shape index (κ2) is 9.13. The molecule has 0 spiro atoms. The SMILES string of the molecule is COc1ccc(C)cc1NC(=O)CNC(=O)COc1ccc2c(C)cc(=O)oc2c1. The molecular weight excluding hydrogens is 388 g/mol. The lowest BCUT2D eigenvalue weighted by Crippen LogP contribution is -2.35. The number of nitrogens with one attached hydrogen (secondary N) is 2. The van der Waals surface area contributed by atoms with Crippen LogP contribution in [0.1, 0.15) is 11.1 Å². The molecule has 0 atom stereocenters. The van der Waals surface area contributed by atoms with Gasteiger partial charge in [0.25, 0.3) is 5.91 Å². The van der Waals surface area contributed by atoms with Crippen molar-refractivity contribution in [1.29, 1.82) is 0 Å². The molecule has 0 unspecified atom stereocenters. The highest BCUT2D eigenvalue weighted by atomic mass is 16.5. The zero-order valence-corrected chi connectivity index (χ0v) is 16.9. The first-order valence-corrected chi connectivity index (χ1v) is 9.24. The van der Waals surface area contributed by atoms with Crippen LogP contribution in [0.3, 0.4) is 0 Å². The van der Waals surface area contributed by atoms with Crippen molar-refractivity contribution < 1.29 is 23.5 Å². The van der Waals surface area contributed by atoms with Gasteiger partial charge in [-0.05, 0) is 49.2 Å². The second-order valence-electron chi connectivity index (χ2n) is 6.72. The molecule has 0 aliphatic heterocycles. The maximum atomic E-state index is 12.1. The quantitative estimate of drug-likeness (QED) is 0.580. The molecular formula is C22H22N2O6. The smallest absolute Gasteiger partial charge is 0.336 e. The predicted octanol–water partition coefficient (Wildman–Crippen LogP) is 2.55. The van der Waals surface area contributed by atoms with E-state index >= 15 is 0 Å². The van der Waals surface area contributed by atoms with Crippen LogP contribution in [0.25, 0.3) is 11.0 Å². The Labute approximate surface area is 172 Å². The summed E-state index contributed by atoms with van der Waals surface area (Å²) in [5.41, 5.74) is 2.21.